The van der Waals surface area contributed by atoms with Crippen LogP contribution in [0.3, 0.4) is 0 Å². The van der Waals surface area contributed by atoms with Crippen molar-refractivity contribution in [1.82, 2.24) is 10.0 Å². The molecule has 0 aliphatic carbocycles. The first-order valence-corrected chi connectivity index (χ1v) is 8.60. The van der Waals surface area contributed by atoms with Crippen molar-refractivity contribution in [3.63, 3.8) is 0 Å². The molecule has 1 atom stereocenters. The van der Waals surface area contributed by atoms with E-state index in [9.17, 15) is 13.2 Å². The highest BCUT2D eigenvalue weighted by Crippen LogP contribution is 2.25. The van der Waals surface area contributed by atoms with Crippen molar-refractivity contribution in [1.29, 1.82) is 0 Å². The van der Waals surface area contributed by atoms with Crippen LogP contribution < -0.4 is 10.0 Å². The van der Waals surface area contributed by atoms with E-state index in [0.717, 1.165) is 4.47 Å². The van der Waals surface area contributed by atoms with Crippen molar-refractivity contribution < 1.29 is 13.2 Å². The third-order valence-electron chi connectivity index (χ3n) is 2.26. The minimum atomic E-state index is -3.75. The van der Waals surface area contributed by atoms with Gasteiger partial charge in [-0.2, -0.15) is 4.72 Å². The van der Waals surface area contributed by atoms with Gasteiger partial charge in [-0.05, 0) is 48.0 Å². The van der Waals surface area contributed by atoms with Crippen LogP contribution in [-0.2, 0) is 14.8 Å². The minimum Gasteiger partial charge on any atom is -0.355 e. The van der Waals surface area contributed by atoms with Crippen molar-refractivity contribution in [3.05, 3.63) is 27.1 Å². The lowest BCUT2D eigenvalue weighted by atomic mass is 10.3. The molecule has 1 amide bonds. The van der Waals surface area contributed by atoms with Crippen LogP contribution in [0.5, 0.6) is 0 Å². The highest BCUT2D eigenvalue weighted by molar-refractivity contribution is 9.11. The number of hydrogen-bond donors (Lipinski definition) is 2. The number of likely N-dealkylation sites (N-methyl/N-ethyl adjacent to an activating group) is 1. The van der Waals surface area contributed by atoms with Gasteiger partial charge in [0.05, 0.1) is 10.9 Å². The summed E-state index contributed by atoms with van der Waals surface area (Å²) in [6.45, 7) is 3.71. The number of sulfonamides is 1. The van der Waals surface area contributed by atoms with Gasteiger partial charge in [-0.25, -0.2) is 8.42 Å². The standard InChI is InChI=1S/C11H14Br2N2O3S/c1-3-14-11(16)7(2)15-19(17,18)10-5-4-8(12)6-9(10)13/h4-7,15H,3H2,1-2H3,(H,14,16). The molecule has 0 radical (unpaired) electrons. The first-order valence-electron chi connectivity index (χ1n) is 5.53. The Morgan fingerprint density at radius 2 is 2.00 bits per heavy atom. The molecule has 1 aromatic rings. The number of carbonyl (C=O) groups is 1. The maximum absolute atomic E-state index is 12.1. The van der Waals surface area contributed by atoms with Gasteiger partial charge < -0.3 is 5.32 Å². The Morgan fingerprint density at radius 3 is 2.53 bits per heavy atom. The molecule has 5 nitrogen and oxygen atoms in total. The molecular formula is C11H14Br2N2O3S. The zero-order chi connectivity index (χ0) is 14.6. The highest BCUT2D eigenvalue weighted by atomic mass is 79.9. The molecule has 0 heterocycles. The Kier molecular flexibility index (Phi) is 5.97. The second-order valence-corrected chi connectivity index (χ2v) is 7.26. The second-order valence-electron chi connectivity index (χ2n) is 3.81. The SMILES string of the molecule is CCNC(=O)C(C)NS(=O)(=O)c1ccc(Br)cc1Br. The van der Waals surface area contributed by atoms with E-state index in [0.29, 0.717) is 11.0 Å². The highest BCUT2D eigenvalue weighted by Gasteiger charge is 2.23. The number of halogens is 2. The summed E-state index contributed by atoms with van der Waals surface area (Å²) in [6.07, 6.45) is 0. The molecule has 0 spiro atoms. The fourth-order valence-corrected chi connectivity index (χ4v) is 4.32. The normalized spacial score (nSPS) is 13.1. The summed E-state index contributed by atoms with van der Waals surface area (Å²) in [5, 5.41) is 2.56. The summed E-state index contributed by atoms with van der Waals surface area (Å²) < 4.78 is 27.8. The van der Waals surface area contributed by atoms with E-state index in [-0.39, 0.29) is 10.8 Å². The predicted octanol–water partition coefficient (Wildman–Crippen LogP) is 2.01. The third-order valence-corrected chi connectivity index (χ3v) is 5.27. The predicted molar refractivity (Wildman–Crippen MR) is 80.3 cm³/mol. The smallest absolute Gasteiger partial charge is 0.242 e. The van der Waals surface area contributed by atoms with Crippen LogP contribution in [0.15, 0.2) is 32.0 Å². The van der Waals surface area contributed by atoms with Crippen molar-refractivity contribution >= 4 is 47.8 Å². The maximum atomic E-state index is 12.1. The van der Waals surface area contributed by atoms with Gasteiger partial charge in [-0.3, -0.25) is 4.79 Å². The summed E-state index contributed by atoms with van der Waals surface area (Å²) in [5.41, 5.74) is 0. The van der Waals surface area contributed by atoms with Gasteiger partial charge in [0, 0.05) is 15.5 Å². The molecule has 8 heteroatoms. The summed E-state index contributed by atoms with van der Waals surface area (Å²) in [5.74, 6) is -0.362. The second kappa shape index (κ2) is 6.83. The molecule has 0 aromatic heterocycles. The molecule has 106 valence electrons. The monoisotopic (exact) mass is 412 g/mol. The van der Waals surface area contributed by atoms with Crippen molar-refractivity contribution in [2.45, 2.75) is 24.8 Å². The van der Waals surface area contributed by atoms with Gasteiger partial charge in [-0.1, -0.05) is 15.9 Å². The molecule has 1 rings (SSSR count). The van der Waals surface area contributed by atoms with Crippen molar-refractivity contribution in [3.8, 4) is 0 Å². The number of rotatable bonds is 5. The van der Waals surface area contributed by atoms with E-state index in [1.165, 1.54) is 13.0 Å². The first-order chi connectivity index (χ1) is 8.77. The molecule has 0 aliphatic rings. The molecular weight excluding hydrogens is 400 g/mol. The fraction of sp³-hybridized carbons (Fsp3) is 0.364. The molecule has 0 aliphatic heterocycles. The summed E-state index contributed by atoms with van der Waals surface area (Å²) in [6, 6.07) is 3.88. The topological polar surface area (TPSA) is 75.3 Å². The minimum absolute atomic E-state index is 0.0897. The fourth-order valence-electron chi connectivity index (χ4n) is 1.37. The number of hydrogen-bond acceptors (Lipinski definition) is 3. The van der Waals surface area contributed by atoms with E-state index in [1.54, 1.807) is 19.1 Å². The lowest BCUT2D eigenvalue weighted by Gasteiger charge is -2.14. The Bertz CT molecular complexity index is 575. The van der Waals surface area contributed by atoms with E-state index < -0.39 is 16.1 Å². The molecule has 0 bridgehead atoms. The zero-order valence-electron chi connectivity index (χ0n) is 10.4. The largest absolute Gasteiger partial charge is 0.355 e. The van der Waals surface area contributed by atoms with Gasteiger partial charge >= 0.3 is 0 Å². The number of benzene rings is 1. The van der Waals surface area contributed by atoms with Crippen LogP contribution >= 0.6 is 31.9 Å². The lowest BCUT2D eigenvalue weighted by molar-refractivity contribution is -0.122. The third kappa shape index (κ3) is 4.55. The molecule has 1 aromatic carbocycles. The van der Waals surface area contributed by atoms with Gasteiger partial charge in [0.15, 0.2) is 0 Å². The molecule has 2 N–H and O–H groups in total. The Balaban J connectivity index is 2.95. The first kappa shape index (κ1) is 16.6. The average Bonchev–Trinajstić information content (AvgIpc) is 2.27. The summed E-state index contributed by atoms with van der Waals surface area (Å²) >= 11 is 6.44. The zero-order valence-corrected chi connectivity index (χ0v) is 14.4. The molecule has 0 saturated carbocycles. The molecule has 0 saturated heterocycles. The van der Waals surface area contributed by atoms with Gasteiger partial charge in [0.2, 0.25) is 15.9 Å². The Labute approximate surface area is 129 Å². The van der Waals surface area contributed by atoms with Crippen LogP contribution in [0.4, 0.5) is 0 Å². The van der Waals surface area contributed by atoms with Crippen LogP contribution in [0.2, 0.25) is 0 Å². The summed E-state index contributed by atoms with van der Waals surface area (Å²) in [4.78, 5) is 11.6. The number of nitrogens with one attached hydrogen (secondary N) is 2. The van der Waals surface area contributed by atoms with Gasteiger partial charge in [-0.15, -0.1) is 0 Å². The molecule has 1 unspecified atom stereocenters. The molecule has 0 fully saturated rings. The lowest BCUT2D eigenvalue weighted by Crippen LogP contribution is -2.44. The van der Waals surface area contributed by atoms with Gasteiger partial charge in [0.1, 0.15) is 0 Å². The van der Waals surface area contributed by atoms with Crippen LogP contribution in [0, 0.1) is 0 Å². The average molecular weight is 414 g/mol. The van der Waals surface area contributed by atoms with E-state index in [2.05, 4.69) is 41.9 Å². The quantitative estimate of drug-likeness (QED) is 0.775. The number of carbonyl (C=O) groups excluding carboxylic acids is 1. The van der Waals surface area contributed by atoms with Crippen LogP contribution in [0.1, 0.15) is 13.8 Å². The Morgan fingerprint density at radius 1 is 1.37 bits per heavy atom. The van der Waals surface area contributed by atoms with Crippen LogP contribution in [0.25, 0.3) is 0 Å². The van der Waals surface area contributed by atoms with Crippen LogP contribution in [-0.4, -0.2) is 26.9 Å². The maximum Gasteiger partial charge on any atom is 0.242 e. The van der Waals surface area contributed by atoms with E-state index >= 15 is 0 Å². The van der Waals surface area contributed by atoms with E-state index in [4.69, 9.17) is 0 Å². The van der Waals surface area contributed by atoms with Crippen molar-refractivity contribution in [2.24, 2.45) is 0 Å². The summed E-state index contributed by atoms with van der Waals surface area (Å²) in [7, 11) is -3.75. The van der Waals surface area contributed by atoms with Gasteiger partial charge in [0.25, 0.3) is 0 Å². The number of amides is 1. The molecule has 19 heavy (non-hydrogen) atoms. The van der Waals surface area contributed by atoms with Crippen molar-refractivity contribution in [2.75, 3.05) is 6.54 Å². The Hall–Kier alpha value is -0.440. The van der Waals surface area contributed by atoms with E-state index in [1.807, 2.05) is 0 Å².